The number of aliphatic hydroxyl groups excluding tert-OH is 7. The molecule has 0 aromatic rings. The van der Waals surface area contributed by atoms with E-state index in [0.717, 1.165) is 51.4 Å². The van der Waals surface area contributed by atoms with Gasteiger partial charge in [-0.2, -0.15) is 0 Å². The van der Waals surface area contributed by atoms with Gasteiger partial charge in [-0.3, -0.25) is 13.8 Å². The second kappa shape index (κ2) is 34.8. The van der Waals surface area contributed by atoms with Gasteiger partial charge in [0.15, 0.2) is 0 Å². The third-order valence-electron chi connectivity index (χ3n) is 11.7. The minimum Gasteiger partial charge on any atom is -0.393 e. The van der Waals surface area contributed by atoms with Crippen LogP contribution in [0, 0.1) is 0 Å². The van der Waals surface area contributed by atoms with E-state index in [2.05, 4.69) is 19.2 Å². The van der Waals surface area contributed by atoms with Gasteiger partial charge in [0.25, 0.3) is 0 Å². The Balaban J connectivity index is 2.38. The van der Waals surface area contributed by atoms with Gasteiger partial charge in [-0.05, 0) is 12.8 Å². The molecular formula is C44H88NO12P. The van der Waals surface area contributed by atoms with E-state index >= 15 is 0 Å². The first-order chi connectivity index (χ1) is 27.8. The fraction of sp³-hybridized carbons (Fsp3) is 0.977. The zero-order valence-corrected chi connectivity index (χ0v) is 37.4. The van der Waals surface area contributed by atoms with Gasteiger partial charge in [0, 0.05) is 0 Å². The maximum absolute atomic E-state index is 13.0. The Labute approximate surface area is 351 Å². The normalized spacial score (nSPS) is 23.7. The highest BCUT2D eigenvalue weighted by molar-refractivity contribution is 7.47. The molecule has 0 radical (unpaired) electrons. The molecule has 0 aliphatic heterocycles. The Hall–Kier alpha value is -0.700. The minimum absolute atomic E-state index is 0.216. The van der Waals surface area contributed by atoms with Crippen molar-refractivity contribution < 1.29 is 59.0 Å². The molecule has 346 valence electrons. The van der Waals surface area contributed by atoms with Crippen LogP contribution < -0.4 is 5.32 Å². The summed E-state index contributed by atoms with van der Waals surface area (Å²) in [5.74, 6) is -0.559. The maximum Gasteiger partial charge on any atom is 0.472 e. The van der Waals surface area contributed by atoms with Crippen LogP contribution in [0.3, 0.4) is 0 Å². The van der Waals surface area contributed by atoms with Crippen LogP contribution in [-0.2, 0) is 18.4 Å². The molecule has 1 fully saturated rings. The van der Waals surface area contributed by atoms with Crippen molar-refractivity contribution in [1.82, 2.24) is 5.32 Å². The van der Waals surface area contributed by atoms with Crippen molar-refractivity contribution in [2.75, 3.05) is 6.61 Å². The summed E-state index contributed by atoms with van der Waals surface area (Å²) in [4.78, 5) is 23.4. The molecule has 0 bridgehead atoms. The van der Waals surface area contributed by atoms with E-state index in [1.165, 1.54) is 122 Å². The Kier molecular flexibility index (Phi) is 33.2. The molecule has 0 saturated heterocycles. The number of hydrogen-bond donors (Lipinski definition) is 9. The average Bonchev–Trinajstić information content (AvgIpc) is 3.19. The van der Waals surface area contributed by atoms with E-state index in [1.54, 1.807) is 0 Å². The number of unbranched alkanes of at least 4 members (excludes halogenated alkanes) is 26. The summed E-state index contributed by atoms with van der Waals surface area (Å²) in [5.41, 5.74) is 0. The van der Waals surface area contributed by atoms with Crippen LogP contribution >= 0.6 is 7.82 Å². The summed E-state index contributed by atoms with van der Waals surface area (Å²) in [6.07, 6.45) is 20.5. The van der Waals surface area contributed by atoms with E-state index < -0.39 is 75.2 Å². The number of nitrogens with one attached hydrogen (secondary N) is 1. The predicted octanol–water partition coefficient (Wildman–Crippen LogP) is 7.65. The first-order valence-corrected chi connectivity index (χ1v) is 25.1. The zero-order chi connectivity index (χ0) is 43.0. The number of aliphatic hydroxyl groups is 7. The van der Waals surface area contributed by atoms with Gasteiger partial charge in [0.1, 0.15) is 36.6 Å². The molecule has 58 heavy (non-hydrogen) atoms. The van der Waals surface area contributed by atoms with Crippen molar-refractivity contribution in [2.45, 2.75) is 268 Å². The number of amides is 1. The molecule has 0 heterocycles. The predicted molar refractivity (Wildman–Crippen MR) is 229 cm³/mol. The fourth-order valence-electron chi connectivity index (χ4n) is 7.83. The van der Waals surface area contributed by atoms with E-state index in [9.17, 15) is 50.0 Å². The molecule has 1 amide bonds. The molecule has 13 nitrogen and oxygen atoms in total. The molecule has 1 aliphatic carbocycles. The molecule has 1 aliphatic rings. The second-order valence-corrected chi connectivity index (χ2v) is 18.6. The van der Waals surface area contributed by atoms with Gasteiger partial charge >= 0.3 is 7.82 Å². The highest BCUT2D eigenvalue weighted by Gasteiger charge is 2.51. The van der Waals surface area contributed by atoms with Gasteiger partial charge in [-0.1, -0.05) is 194 Å². The lowest BCUT2D eigenvalue weighted by Gasteiger charge is -2.41. The third kappa shape index (κ3) is 26.6. The van der Waals surface area contributed by atoms with Gasteiger partial charge in [-0.15, -0.1) is 0 Å². The third-order valence-corrected chi connectivity index (χ3v) is 12.7. The maximum atomic E-state index is 13.0. The standard InChI is InChI=1S/C44H88NO12P/c1-3-5-7-9-11-13-14-15-16-17-18-19-20-21-22-23-24-25-27-29-31-35(46)33-38(48)45-36(37(47)32-30-28-26-12-10-8-6-4-2)34-56-58(54,55)57-44-42(52)40(50)39(49)41(51)43(44)53/h35-37,39-44,46-47,49-53H,3-34H2,1-2H3,(H,45,48)(H,54,55). The summed E-state index contributed by atoms with van der Waals surface area (Å²) in [6.45, 7) is 3.75. The molecule has 9 N–H and O–H groups in total. The van der Waals surface area contributed by atoms with E-state index in [0.29, 0.717) is 12.8 Å². The Morgan fingerprint density at radius 1 is 0.534 bits per heavy atom. The quantitative estimate of drug-likeness (QED) is 0.0215. The molecule has 8 unspecified atom stereocenters. The summed E-state index contributed by atoms with van der Waals surface area (Å²) < 4.78 is 22.8. The Morgan fingerprint density at radius 3 is 1.24 bits per heavy atom. The topological polar surface area (TPSA) is 226 Å². The van der Waals surface area contributed by atoms with Gasteiger partial charge < -0.3 is 46.0 Å². The first-order valence-electron chi connectivity index (χ1n) is 23.6. The van der Waals surface area contributed by atoms with Crippen molar-refractivity contribution >= 4 is 13.7 Å². The molecular weight excluding hydrogens is 765 g/mol. The van der Waals surface area contributed by atoms with Crippen molar-refractivity contribution in [1.29, 1.82) is 0 Å². The van der Waals surface area contributed by atoms with Crippen molar-refractivity contribution in [3.63, 3.8) is 0 Å². The van der Waals surface area contributed by atoms with E-state index in [-0.39, 0.29) is 12.8 Å². The van der Waals surface area contributed by atoms with Crippen molar-refractivity contribution in [3.05, 3.63) is 0 Å². The van der Waals surface area contributed by atoms with Gasteiger partial charge in [-0.25, -0.2) is 4.57 Å². The van der Waals surface area contributed by atoms with Crippen molar-refractivity contribution in [2.24, 2.45) is 0 Å². The summed E-state index contributed by atoms with van der Waals surface area (Å²) >= 11 is 0. The highest BCUT2D eigenvalue weighted by atomic mass is 31.2. The van der Waals surface area contributed by atoms with Crippen LogP contribution in [0.1, 0.15) is 213 Å². The fourth-order valence-corrected chi connectivity index (χ4v) is 8.80. The smallest absolute Gasteiger partial charge is 0.393 e. The number of phosphoric acid groups is 1. The second-order valence-electron chi connectivity index (χ2n) is 17.2. The van der Waals surface area contributed by atoms with Crippen LogP contribution in [-0.4, -0.2) is 108 Å². The molecule has 0 aromatic heterocycles. The molecule has 8 atom stereocenters. The van der Waals surface area contributed by atoms with Gasteiger partial charge in [0.2, 0.25) is 5.91 Å². The lowest BCUT2D eigenvalue weighted by atomic mass is 9.85. The monoisotopic (exact) mass is 854 g/mol. The van der Waals surface area contributed by atoms with Crippen LogP contribution in [0.4, 0.5) is 0 Å². The summed E-state index contributed by atoms with van der Waals surface area (Å²) in [5, 5.41) is 74.4. The highest BCUT2D eigenvalue weighted by Crippen LogP contribution is 2.47. The lowest BCUT2D eigenvalue weighted by molar-refractivity contribution is -0.220. The van der Waals surface area contributed by atoms with Crippen LogP contribution in [0.15, 0.2) is 0 Å². The van der Waals surface area contributed by atoms with E-state index in [4.69, 9.17) is 9.05 Å². The SMILES string of the molecule is CCCCCCCCCCCCCCCCCCCCCCC(O)CC(=O)NC(COP(=O)(O)OC1C(O)C(O)C(O)C(O)C1O)C(O)CCCCCCCCCC. The van der Waals surface area contributed by atoms with Crippen LogP contribution in [0.2, 0.25) is 0 Å². The number of carbonyl (C=O) groups is 1. The van der Waals surface area contributed by atoms with Crippen LogP contribution in [0.25, 0.3) is 0 Å². The molecule has 1 rings (SSSR count). The van der Waals surface area contributed by atoms with Crippen LogP contribution in [0.5, 0.6) is 0 Å². The summed E-state index contributed by atoms with van der Waals surface area (Å²) in [6, 6.07) is -1.15. The minimum atomic E-state index is -5.10. The largest absolute Gasteiger partial charge is 0.472 e. The molecule has 14 heteroatoms. The lowest BCUT2D eigenvalue weighted by Crippen LogP contribution is -2.64. The number of hydrogen-bond acceptors (Lipinski definition) is 11. The average molecular weight is 854 g/mol. The summed E-state index contributed by atoms with van der Waals surface area (Å²) in [7, 11) is -5.10. The molecule has 1 saturated carbocycles. The first kappa shape index (κ1) is 55.3. The van der Waals surface area contributed by atoms with E-state index in [1.807, 2.05) is 0 Å². The van der Waals surface area contributed by atoms with Crippen molar-refractivity contribution in [3.8, 4) is 0 Å². The number of phosphoric ester groups is 1. The zero-order valence-electron chi connectivity index (χ0n) is 36.5. The Bertz CT molecular complexity index is 1010. The number of rotatable bonds is 39. The Morgan fingerprint density at radius 2 is 0.862 bits per heavy atom. The van der Waals surface area contributed by atoms with Gasteiger partial charge in [0.05, 0.1) is 31.3 Å². The molecule has 0 aromatic carbocycles. The molecule has 0 spiro atoms. The number of carbonyl (C=O) groups excluding carboxylic acids is 1.